The van der Waals surface area contributed by atoms with Gasteiger partial charge in [-0.1, -0.05) is 75.1 Å². The van der Waals surface area contributed by atoms with Gasteiger partial charge in [0.25, 0.3) is 0 Å². The molecule has 0 aliphatic rings. The third-order valence-corrected chi connectivity index (χ3v) is 4.67. The van der Waals surface area contributed by atoms with Crippen LogP contribution >= 0.6 is 0 Å². The molecule has 26 heavy (non-hydrogen) atoms. The summed E-state index contributed by atoms with van der Waals surface area (Å²) in [4.78, 5) is 22.9. The van der Waals surface area contributed by atoms with Crippen LogP contribution in [0.1, 0.15) is 72.0 Å². The Morgan fingerprint density at radius 3 is 2.23 bits per heavy atom. The molecule has 2 aromatic carbocycles. The van der Waals surface area contributed by atoms with Crippen molar-refractivity contribution in [3.63, 3.8) is 0 Å². The molecule has 4 heteroatoms. The number of rotatable bonds is 10. The van der Waals surface area contributed by atoms with E-state index in [1.165, 1.54) is 0 Å². The number of carboxylic acid groups (broad SMARTS) is 2. The van der Waals surface area contributed by atoms with Crippen molar-refractivity contribution in [2.24, 2.45) is 0 Å². The van der Waals surface area contributed by atoms with Gasteiger partial charge >= 0.3 is 11.9 Å². The minimum Gasteiger partial charge on any atom is -0.481 e. The maximum Gasteiger partial charge on any atom is 0.335 e. The Morgan fingerprint density at radius 2 is 1.62 bits per heavy atom. The second-order valence-electron chi connectivity index (χ2n) is 6.62. The van der Waals surface area contributed by atoms with Crippen LogP contribution in [0.3, 0.4) is 0 Å². The SMILES string of the molecule is CCCCCCC(C(=O)O)c1ccc(Cc2ccccc2C(=O)O)cc1. The molecule has 2 aromatic rings. The fraction of sp³-hybridized carbons (Fsp3) is 0.364. The molecule has 1 unspecified atom stereocenters. The fourth-order valence-corrected chi connectivity index (χ4v) is 3.18. The first kappa shape index (κ1) is 19.7. The summed E-state index contributed by atoms with van der Waals surface area (Å²) in [6.07, 6.45) is 5.40. The molecule has 0 saturated carbocycles. The summed E-state index contributed by atoms with van der Waals surface area (Å²) in [5, 5.41) is 18.8. The van der Waals surface area contributed by atoms with Gasteiger partial charge < -0.3 is 10.2 Å². The van der Waals surface area contributed by atoms with Gasteiger partial charge in [0.05, 0.1) is 11.5 Å². The lowest BCUT2D eigenvalue weighted by atomic mass is 9.91. The van der Waals surface area contributed by atoms with E-state index in [-0.39, 0.29) is 0 Å². The minimum absolute atomic E-state index is 0.302. The van der Waals surface area contributed by atoms with Crippen LogP contribution in [0.15, 0.2) is 48.5 Å². The van der Waals surface area contributed by atoms with Gasteiger partial charge in [-0.25, -0.2) is 4.79 Å². The highest BCUT2D eigenvalue weighted by atomic mass is 16.4. The van der Waals surface area contributed by atoms with E-state index in [1.54, 1.807) is 12.1 Å². The zero-order chi connectivity index (χ0) is 18.9. The van der Waals surface area contributed by atoms with Crippen LogP contribution in [0.2, 0.25) is 0 Å². The molecule has 138 valence electrons. The highest BCUT2D eigenvalue weighted by Gasteiger charge is 2.19. The first-order chi connectivity index (χ1) is 12.5. The van der Waals surface area contributed by atoms with Crippen molar-refractivity contribution in [1.29, 1.82) is 0 Å². The second kappa shape index (κ2) is 9.76. The molecule has 0 aliphatic carbocycles. The van der Waals surface area contributed by atoms with Crippen LogP contribution in [-0.2, 0) is 11.2 Å². The van der Waals surface area contributed by atoms with Crippen LogP contribution < -0.4 is 0 Å². The molecule has 1 atom stereocenters. The quantitative estimate of drug-likeness (QED) is 0.581. The van der Waals surface area contributed by atoms with Crippen LogP contribution in [0, 0.1) is 0 Å². The summed E-state index contributed by atoms with van der Waals surface area (Å²) < 4.78 is 0. The van der Waals surface area contributed by atoms with Gasteiger partial charge in [-0.2, -0.15) is 0 Å². The summed E-state index contributed by atoms with van der Waals surface area (Å²) >= 11 is 0. The summed E-state index contributed by atoms with van der Waals surface area (Å²) in [5.41, 5.74) is 2.83. The maximum absolute atomic E-state index is 11.6. The van der Waals surface area contributed by atoms with E-state index >= 15 is 0 Å². The van der Waals surface area contributed by atoms with E-state index in [4.69, 9.17) is 0 Å². The van der Waals surface area contributed by atoms with Crippen LogP contribution in [-0.4, -0.2) is 22.2 Å². The molecule has 0 aliphatic heterocycles. The first-order valence-electron chi connectivity index (χ1n) is 9.15. The minimum atomic E-state index is -0.935. The summed E-state index contributed by atoms with van der Waals surface area (Å²) in [7, 11) is 0. The number of aliphatic carboxylic acids is 1. The number of benzene rings is 2. The standard InChI is InChI=1S/C22H26O4/c1-2-3-4-5-9-19(21(23)24)17-13-11-16(12-14-17)15-18-8-6-7-10-20(18)22(25)26/h6-8,10-14,19H,2-5,9,15H2,1H3,(H,23,24)(H,25,26). The Bertz CT molecular complexity index is 734. The van der Waals surface area contributed by atoms with E-state index < -0.39 is 17.9 Å². The third kappa shape index (κ3) is 5.45. The topological polar surface area (TPSA) is 74.6 Å². The first-order valence-corrected chi connectivity index (χ1v) is 9.15. The monoisotopic (exact) mass is 354 g/mol. The van der Waals surface area contributed by atoms with Gasteiger partial charge in [0.1, 0.15) is 0 Å². The number of aromatic carboxylic acids is 1. The largest absolute Gasteiger partial charge is 0.481 e. The Kier molecular flexibility index (Phi) is 7.39. The van der Waals surface area contributed by atoms with Crippen molar-refractivity contribution in [2.45, 2.75) is 51.4 Å². The number of unbranched alkanes of at least 4 members (excludes halogenated alkanes) is 3. The molecule has 0 bridgehead atoms. The van der Waals surface area contributed by atoms with Gasteiger partial charge in [0, 0.05) is 0 Å². The lowest BCUT2D eigenvalue weighted by Crippen LogP contribution is -2.11. The van der Waals surface area contributed by atoms with Crippen molar-refractivity contribution >= 4 is 11.9 Å². The van der Waals surface area contributed by atoms with E-state index in [0.29, 0.717) is 18.4 Å². The number of hydrogen-bond acceptors (Lipinski definition) is 2. The third-order valence-electron chi connectivity index (χ3n) is 4.67. The molecule has 4 nitrogen and oxygen atoms in total. The molecule has 0 heterocycles. The molecule has 0 radical (unpaired) electrons. The summed E-state index contributed by atoms with van der Waals surface area (Å²) in [5.74, 6) is -2.20. The predicted molar refractivity (Wildman–Crippen MR) is 102 cm³/mol. The van der Waals surface area contributed by atoms with E-state index in [0.717, 1.165) is 42.4 Å². The Morgan fingerprint density at radius 1 is 0.923 bits per heavy atom. The van der Waals surface area contributed by atoms with Crippen molar-refractivity contribution in [1.82, 2.24) is 0 Å². The van der Waals surface area contributed by atoms with Gasteiger partial charge in [-0.3, -0.25) is 4.79 Å². The van der Waals surface area contributed by atoms with Gasteiger partial charge in [0.2, 0.25) is 0 Å². The highest BCUT2D eigenvalue weighted by Crippen LogP contribution is 2.24. The molecule has 2 N–H and O–H groups in total. The molecule has 0 spiro atoms. The van der Waals surface area contributed by atoms with Gasteiger partial charge in [-0.15, -0.1) is 0 Å². The summed E-state index contributed by atoms with van der Waals surface area (Å²) in [6.45, 7) is 2.13. The molecular weight excluding hydrogens is 328 g/mol. The molecule has 0 fully saturated rings. The van der Waals surface area contributed by atoms with Crippen molar-refractivity contribution in [3.8, 4) is 0 Å². The Labute approximate surface area is 154 Å². The molecular formula is C22H26O4. The zero-order valence-corrected chi connectivity index (χ0v) is 15.1. The average molecular weight is 354 g/mol. The lowest BCUT2D eigenvalue weighted by Gasteiger charge is -2.13. The predicted octanol–water partition coefficient (Wildman–Crippen LogP) is 5.11. The summed E-state index contributed by atoms with van der Waals surface area (Å²) in [6, 6.07) is 14.5. The smallest absolute Gasteiger partial charge is 0.335 e. The molecule has 0 aromatic heterocycles. The van der Waals surface area contributed by atoms with E-state index in [1.807, 2.05) is 36.4 Å². The van der Waals surface area contributed by atoms with E-state index in [9.17, 15) is 19.8 Å². The molecule has 0 amide bonds. The normalized spacial score (nSPS) is 11.9. The number of carboxylic acids is 2. The highest BCUT2D eigenvalue weighted by molar-refractivity contribution is 5.89. The average Bonchev–Trinajstić information content (AvgIpc) is 2.63. The van der Waals surface area contributed by atoms with Gasteiger partial charge in [0.15, 0.2) is 0 Å². The number of carbonyl (C=O) groups is 2. The molecule has 0 saturated heterocycles. The van der Waals surface area contributed by atoms with E-state index in [2.05, 4.69) is 6.92 Å². The fourth-order valence-electron chi connectivity index (χ4n) is 3.18. The van der Waals surface area contributed by atoms with Crippen LogP contribution in [0.5, 0.6) is 0 Å². The molecule has 2 rings (SSSR count). The maximum atomic E-state index is 11.6. The Hall–Kier alpha value is -2.62. The number of hydrogen-bond donors (Lipinski definition) is 2. The van der Waals surface area contributed by atoms with Crippen LogP contribution in [0.4, 0.5) is 0 Å². The van der Waals surface area contributed by atoms with Crippen LogP contribution in [0.25, 0.3) is 0 Å². The van der Waals surface area contributed by atoms with Crippen molar-refractivity contribution < 1.29 is 19.8 Å². The lowest BCUT2D eigenvalue weighted by molar-refractivity contribution is -0.139. The zero-order valence-electron chi connectivity index (χ0n) is 15.1. The van der Waals surface area contributed by atoms with Gasteiger partial charge in [-0.05, 0) is 35.6 Å². The van der Waals surface area contributed by atoms with Crippen molar-refractivity contribution in [2.75, 3.05) is 0 Å². The van der Waals surface area contributed by atoms with Crippen molar-refractivity contribution in [3.05, 3.63) is 70.8 Å². The Balaban J connectivity index is 2.09. The second-order valence-corrected chi connectivity index (χ2v) is 6.62.